The van der Waals surface area contributed by atoms with Crippen LogP contribution in [0.4, 0.5) is 4.39 Å². The third-order valence-corrected chi connectivity index (χ3v) is 6.78. The van der Waals surface area contributed by atoms with E-state index >= 15 is 0 Å². The number of amides is 1. The Morgan fingerprint density at radius 2 is 2.03 bits per heavy atom. The number of carbonyl (C=O) groups excluding carboxylic acids is 2. The fourth-order valence-corrected chi connectivity index (χ4v) is 5.27. The van der Waals surface area contributed by atoms with Gasteiger partial charge in [-0.2, -0.15) is 0 Å². The third-order valence-electron chi connectivity index (χ3n) is 4.96. The molecule has 0 radical (unpaired) electrons. The average molecular weight is 458 g/mol. The Morgan fingerprint density at radius 3 is 2.71 bits per heavy atom. The van der Waals surface area contributed by atoms with E-state index in [0.717, 1.165) is 21.3 Å². The molecule has 1 N–H and O–H groups in total. The second kappa shape index (κ2) is 9.07. The Morgan fingerprint density at radius 1 is 1.26 bits per heavy atom. The molecule has 0 saturated carbocycles. The zero-order valence-electron chi connectivity index (χ0n) is 16.9. The first-order valence-electron chi connectivity index (χ1n) is 9.55. The first kappa shape index (κ1) is 21.3. The summed E-state index contributed by atoms with van der Waals surface area (Å²) in [7, 11) is 1.35. The molecule has 0 spiro atoms. The molecule has 31 heavy (non-hydrogen) atoms. The molecule has 0 aliphatic carbocycles. The maximum atomic E-state index is 13.1. The van der Waals surface area contributed by atoms with Gasteiger partial charge in [-0.05, 0) is 41.5 Å². The molecule has 1 aromatic carbocycles. The molecule has 9 heteroatoms. The summed E-state index contributed by atoms with van der Waals surface area (Å²) in [6.45, 7) is 2.10. The fraction of sp³-hybridized carbons (Fsp3) is 0.227. The summed E-state index contributed by atoms with van der Waals surface area (Å²) < 4.78 is 18.1. The number of amidine groups is 1. The van der Waals surface area contributed by atoms with Gasteiger partial charge in [0.1, 0.15) is 11.9 Å². The minimum atomic E-state index is -0.435. The SMILES string of the molecule is COC(=O)C1=C(C)N=C2SC=C(CC(=O)NCc3ccc(F)cc3)N2C1c1cccs1. The predicted molar refractivity (Wildman–Crippen MR) is 120 cm³/mol. The zero-order valence-corrected chi connectivity index (χ0v) is 18.6. The minimum absolute atomic E-state index is 0.128. The van der Waals surface area contributed by atoms with Crippen LogP contribution >= 0.6 is 23.1 Å². The van der Waals surface area contributed by atoms with Crippen LogP contribution in [-0.2, 0) is 20.9 Å². The number of carbonyl (C=O) groups is 2. The van der Waals surface area contributed by atoms with Gasteiger partial charge in [0.25, 0.3) is 0 Å². The number of methoxy groups -OCH3 is 1. The molecular weight excluding hydrogens is 437 g/mol. The van der Waals surface area contributed by atoms with E-state index in [9.17, 15) is 14.0 Å². The van der Waals surface area contributed by atoms with Crippen LogP contribution in [0.25, 0.3) is 0 Å². The Kier molecular flexibility index (Phi) is 6.24. The van der Waals surface area contributed by atoms with Gasteiger partial charge in [0, 0.05) is 17.1 Å². The standard InChI is InChI=1S/C22H20FN3O3S2/c1-13-19(21(28)29-2)20(17-4-3-9-30-17)26-16(12-31-22(26)25-13)10-18(27)24-11-14-5-7-15(23)8-6-14/h3-9,12,20H,10-11H2,1-2H3,(H,24,27). The lowest BCUT2D eigenvalue weighted by Gasteiger charge is -2.35. The van der Waals surface area contributed by atoms with Crippen LogP contribution in [0.2, 0.25) is 0 Å². The number of allylic oxidation sites excluding steroid dienone is 1. The highest BCUT2D eigenvalue weighted by Gasteiger charge is 2.41. The number of fused-ring (bicyclic) bond motifs is 1. The maximum absolute atomic E-state index is 13.1. The summed E-state index contributed by atoms with van der Waals surface area (Å²) in [6, 6.07) is 9.50. The van der Waals surface area contributed by atoms with Gasteiger partial charge in [0.15, 0.2) is 5.17 Å². The number of rotatable bonds is 6. The molecule has 1 amide bonds. The number of hydrogen-bond donors (Lipinski definition) is 1. The number of halogens is 1. The number of nitrogens with zero attached hydrogens (tertiary/aromatic N) is 2. The highest BCUT2D eigenvalue weighted by Crippen LogP contribution is 2.45. The summed E-state index contributed by atoms with van der Waals surface area (Å²) in [5.74, 6) is -0.923. The highest BCUT2D eigenvalue weighted by atomic mass is 32.2. The van der Waals surface area contributed by atoms with Crippen molar-refractivity contribution in [3.63, 3.8) is 0 Å². The Balaban J connectivity index is 1.54. The maximum Gasteiger partial charge on any atom is 0.338 e. The summed E-state index contributed by atoms with van der Waals surface area (Å²) in [5.41, 5.74) is 2.65. The van der Waals surface area contributed by atoms with E-state index in [4.69, 9.17) is 4.74 Å². The molecule has 0 fully saturated rings. The van der Waals surface area contributed by atoms with Crippen LogP contribution in [0.1, 0.15) is 29.8 Å². The molecule has 2 aliphatic heterocycles. The predicted octanol–water partition coefficient (Wildman–Crippen LogP) is 4.34. The van der Waals surface area contributed by atoms with Crippen LogP contribution in [0.5, 0.6) is 0 Å². The molecule has 2 aromatic rings. The smallest absolute Gasteiger partial charge is 0.338 e. The lowest BCUT2D eigenvalue weighted by atomic mass is 9.99. The molecule has 160 valence electrons. The van der Waals surface area contributed by atoms with Crippen LogP contribution < -0.4 is 5.32 Å². The van der Waals surface area contributed by atoms with Crippen molar-refractivity contribution in [1.82, 2.24) is 10.2 Å². The van der Waals surface area contributed by atoms with Crippen molar-refractivity contribution in [3.8, 4) is 0 Å². The normalized spacial score (nSPS) is 17.8. The van der Waals surface area contributed by atoms with Gasteiger partial charge < -0.3 is 15.0 Å². The number of hydrogen-bond acceptors (Lipinski definition) is 7. The number of thioether (sulfide) groups is 1. The number of aliphatic imine (C=N–C) groups is 1. The Labute approximate surface area is 187 Å². The van der Waals surface area contributed by atoms with Gasteiger partial charge in [0.2, 0.25) is 5.91 Å². The van der Waals surface area contributed by atoms with E-state index in [2.05, 4.69) is 10.3 Å². The average Bonchev–Trinajstić information content (AvgIpc) is 3.42. The number of nitrogens with one attached hydrogen (secondary N) is 1. The van der Waals surface area contributed by atoms with Gasteiger partial charge >= 0.3 is 5.97 Å². The van der Waals surface area contributed by atoms with Crippen molar-refractivity contribution in [3.05, 3.63) is 80.4 Å². The summed E-state index contributed by atoms with van der Waals surface area (Å²) in [5, 5.41) is 7.44. The second-order valence-corrected chi connectivity index (χ2v) is 8.80. The van der Waals surface area contributed by atoms with Gasteiger partial charge in [-0.25, -0.2) is 14.2 Å². The lowest BCUT2D eigenvalue weighted by Crippen LogP contribution is -2.37. The number of esters is 1. The first-order chi connectivity index (χ1) is 15.0. The summed E-state index contributed by atoms with van der Waals surface area (Å²) in [6.07, 6.45) is 0.128. The van der Waals surface area contributed by atoms with E-state index in [0.29, 0.717) is 17.8 Å². The van der Waals surface area contributed by atoms with Crippen molar-refractivity contribution in [1.29, 1.82) is 0 Å². The monoisotopic (exact) mass is 457 g/mol. The molecule has 1 unspecified atom stereocenters. The third kappa shape index (κ3) is 4.42. The van der Waals surface area contributed by atoms with E-state index in [-0.39, 0.29) is 18.1 Å². The highest BCUT2D eigenvalue weighted by molar-refractivity contribution is 8.16. The summed E-state index contributed by atoms with van der Waals surface area (Å²) >= 11 is 2.96. The van der Waals surface area contributed by atoms with Gasteiger partial charge in [-0.3, -0.25) is 4.79 Å². The topological polar surface area (TPSA) is 71.0 Å². The molecule has 4 rings (SSSR count). The molecule has 6 nitrogen and oxygen atoms in total. The number of benzene rings is 1. The van der Waals surface area contributed by atoms with E-state index < -0.39 is 12.0 Å². The number of thiophene rings is 1. The molecule has 1 aromatic heterocycles. The van der Waals surface area contributed by atoms with Crippen LogP contribution in [0.15, 0.2) is 69.1 Å². The van der Waals surface area contributed by atoms with Crippen molar-refractivity contribution in [2.24, 2.45) is 4.99 Å². The fourth-order valence-electron chi connectivity index (χ4n) is 3.49. The molecule has 0 bridgehead atoms. The van der Waals surface area contributed by atoms with E-state index in [1.54, 1.807) is 19.1 Å². The lowest BCUT2D eigenvalue weighted by molar-refractivity contribution is -0.136. The van der Waals surface area contributed by atoms with Crippen LogP contribution in [-0.4, -0.2) is 29.1 Å². The largest absolute Gasteiger partial charge is 0.466 e. The Bertz CT molecular complexity index is 1090. The van der Waals surface area contributed by atoms with Gasteiger partial charge in [-0.1, -0.05) is 30.0 Å². The minimum Gasteiger partial charge on any atom is -0.466 e. The quantitative estimate of drug-likeness (QED) is 0.654. The van der Waals surface area contributed by atoms with E-state index in [1.807, 2.05) is 27.8 Å². The second-order valence-electron chi connectivity index (χ2n) is 6.98. The molecule has 1 atom stereocenters. The Hall–Kier alpha value is -2.91. The van der Waals surface area contributed by atoms with Crippen molar-refractivity contribution < 1.29 is 18.7 Å². The first-order valence-corrected chi connectivity index (χ1v) is 11.3. The van der Waals surface area contributed by atoms with E-state index in [1.165, 1.54) is 42.3 Å². The summed E-state index contributed by atoms with van der Waals surface area (Å²) in [4.78, 5) is 32.7. The van der Waals surface area contributed by atoms with Crippen molar-refractivity contribution in [2.75, 3.05) is 7.11 Å². The number of ether oxygens (including phenoxy) is 1. The molecule has 2 aliphatic rings. The molecular formula is C22H20FN3O3S2. The molecule has 0 saturated heterocycles. The van der Waals surface area contributed by atoms with Gasteiger partial charge in [-0.15, -0.1) is 11.3 Å². The van der Waals surface area contributed by atoms with Crippen molar-refractivity contribution in [2.45, 2.75) is 25.9 Å². The van der Waals surface area contributed by atoms with Crippen LogP contribution in [0.3, 0.4) is 0 Å². The zero-order chi connectivity index (χ0) is 22.0. The van der Waals surface area contributed by atoms with Crippen LogP contribution in [0, 0.1) is 5.82 Å². The molecule has 3 heterocycles. The van der Waals surface area contributed by atoms with Crippen molar-refractivity contribution >= 4 is 40.1 Å². The van der Waals surface area contributed by atoms with Gasteiger partial charge in [0.05, 0.1) is 24.8 Å².